The zero-order valence-corrected chi connectivity index (χ0v) is 14.1. The third-order valence-corrected chi connectivity index (χ3v) is 5.23. The molecule has 1 aliphatic rings. The quantitative estimate of drug-likeness (QED) is 0.886. The number of carboxylic acid groups (broad SMARTS) is 1. The van der Waals surface area contributed by atoms with Crippen LogP contribution >= 0.6 is 0 Å². The van der Waals surface area contributed by atoms with Crippen molar-refractivity contribution in [2.24, 2.45) is 5.92 Å². The summed E-state index contributed by atoms with van der Waals surface area (Å²) in [6.45, 7) is 1.81. The molecule has 2 aromatic rings. The largest absolute Gasteiger partial charge is 0.477 e. The Balaban J connectivity index is 1.63. The fraction of sp³-hybridized carbons (Fsp3) is 0.450. The molecule has 126 valence electrons. The minimum absolute atomic E-state index is 0.130. The van der Waals surface area contributed by atoms with Crippen LogP contribution in [-0.2, 0) is 6.42 Å². The summed E-state index contributed by atoms with van der Waals surface area (Å²) in [5, 5.41) is 9.18. The monoisotopic (exact) mass is 324 g/mol. The second kappa shape index (κ2) is 7.56. The number of carboxylic acids is 1. The zero-order valence-electron chi connectivity index (χ0n) is 14.1. The molecule has 0 radical (unpaired) electrons. The number of hydrogen-bond donors (Lipinski definition) is 1. The molecule has 1 heterocycles. The second-order valence-corrected chi connectivity index (χ2v) is 6.78. The van der Waals surface area contributed by atoms with Gasteiger partial charge in [-0.05, 0) is 50.0 Å². The molecule has 3 rings (SSSR count). The fourth-order valence-electron chi connectivity index (χ4n) is 3.88. The third kappa shape index (κ3) is 3.81. The molecule has 2 atom stereocenters. The molecule has 0 saturated heterocycles. The summed E-state index contributed by atoms with van der Waals surface area (Å²) in [7, 11) is 0. The van der Waals surface area contributed by atoms with Gasteiger partial charge in [-0.3, -0.25) is 0 Å². The van der Waals surface area contributed by atoms with Crippen LogP contribution in [-0.4, -0.2) is 21.0 Å². The maximum atomic E-state index is 11.2. The van der Waals surface area contributed by atoms with Crippen LogP contribution in [0.1, 0.15) is 65.3 Å². The van der Waals surface area contributed by atoms with E-state index in [0.29, 0.717) is 17.4 Å². The molecule has 1 saturated carbocycles. The van der Waals surface area contributed by atoms with Crippen molar-refractivity contribution in [2.75, 3.05) is 0 Å². The van der Waals surface area contributed by atoms with Crippen LogP contribution in [0.3, 0.4) is 0 Å². The molecule has 0 unspecified atom stereocenters. The molecule has 24 heavy (non-hydrogen) atoms. The molecule has 0 amide bonds. The van der Waals surface area contributed by atoms with Gasteiger partial charge in [0.15, 0.2) is 5.69 Å². The van der Waals surface area contributed by atoms with E-state index in [1.807, 2.05) is 6.92 Å². The number of carbonyl (C=O) groups is 1. The van der Waals surface area contributed by atoms with Crippen LogP contribution in [0.2, 0.25) is 0 Å². The van der Waals surface area contributed by atoms with Crippen molar-refractivity contribution in [1.82, 2.24) is 9.97 Å². The number of aryl methyl sites for hydroxylation is 1. The molecule has 1 N–H and O–H groups in total. The summed E-state index contributed by atoms with van der Waals surface area (Å²) in [5.41, 5.74) is 3.17. The van der Waals surface area contributed by atoms with Crippen molar-refractivity contribution in [2.45, 2.75) is 51.4 Å². The van der Waals surface area contributed by atoms with E-state index >= 15 is 0 Å². The summed E-state index contributed by atoms with van der Waals surface area (Å²) in [5.74, 6) is 0.371. The number of hydrogen-bond acceptors (Lipinski definition) is 3. The van der Waals surface area contributed by atoms with Crippen LogP contribution in [0.5, 0.6) is 0 Å². The number of aromatic carboxylic acids is 1. The molecule has 0 bridgehead atoms. The Morgan fingerprint density at radius 2 is 2.00 bits per heavy atom. The van der Waals surface area contributed by atoms with Crippen molar-refractivity contribution in [3.63, 3.8) is 0 Å². The fourth-order valence-corrected chi connectivity index (χ4v) is 3.88. The van der Waals surface area contributed by atoms with E-state index < -0.39 is 5.97 Å². The van der Waals surface area contributed by atoms with E-state index in [0.717, 1.165) is 18.5 Å². The summed E-state index contributed by atoms with van der Waals surface area (Å²) >= 11 is 0. The van der Waals surface area contributed by atoms with Gasteiger partial charge in [0.05, 0.1) is 0 Å². The molecule has 1 aromatic heterocycles. The van der Waals surface area contributed by atoms with Crippen LogP contribution in [0.4, 0.5) is 0 Å². The normalized spacial score (nSPS) is 20.7. The molecular weight excluding hydrogens is 300 g/mol. The Labute approximate surface area is 143 Å². The SMILES string of the molecule is Cc1c(CC[C@H]2CCC[C@@H](c3ccccc3)C2)ncnc1C(=O)O. The molecule has 0 aliphatic heterocycles. The number of benzene rings is 1. The van der Waals surface area contributed by atoms with Gasteiger partial charge in [0.1, 0.15) is 6.33 Å². The highest BCUT2D eigenvalue weighted by molar-refractivity contribution is 5.87. The van der Waals surface area contributed by atoms with Gasteiger partial charge in [0.2, 0.25) is 0 Å². The molecule has 4 heteroatoms. The van der Waals surface area contributed by atoms with Gasteiger partial charge in [-0.2, -0.15) is 0 Å². The minimum atomic E-state index is -0.974. The number of nitrogens with zero attached hydrogens (tertiary/aromatic N) is 2. The van der Waals surface area contributed by atoms with E-state index in [-0.39, 0.29) is 5.69 Å². The summed E-state index contributed by atoms with van der Waals surface area (Å²) in [4.78, 5) is 19.4. The van der Waals surface area contributed by atoms with Gasteiger partial charge in [0.25, 0.3) is 0 Å². The van der Waals surface area contributed by atoms with E-state index in [2.05, 4.69) is 40.3 Å². The Kier molecular flexibility index (Phi) is 5.24. The lowest BCUT2D eigenvalue weighted by Gasteiger charge is -2.29. The van der Waals surface area contributed by atoms with Crippen molar-refractivity contribution in [3.8, 4) is 0 Å². The van der Waals surface area contributed by atoms with E-state index in [4.69, 9.17) is 0 Å². The van der Waals surface area contributed by atoms with Crippen molar-refractivity contribution < 1.29 is 9.90 Å². The zero-order chi connectivity index (χ0) is 16.9. The Bertz CT molecular complexity index is 700. The Morgan fingerprint density at radius 1 is 1.21 bits per heavy atom. The van der Waals surface area contributed by atoms with Crippen molar-refractivity contribution in [3.05, 3.63) is 59.2 Å². The van der Waals surface area contributed by atoms with Gasteiger partial charge >= 0.3 is 5.97 Å². The highest BCUT2D eigenvalue weighted by Gasteiger charge is 2.23. The molecule has 1 aromatic carbocycles. The first-order valence-electron chi connectivity index (χ1n) is 8.74. The van der Waals surface area contributed by atoms with Crippen LogP contribution in [0, 0.1) is 12.8 Å². The first-order chi connectivity index (χ1) is 11.6. The topological polar surface area (TPSA) is 63.1 Å². The average molecular weight is 324 g/mol. The summed E-state index contributed by atoms with van der Waals surface area (Å²) < 4.78 is 0. The second-order valence-electron chi connectivity index (χ2n) is 6.78. The molecule has 4 nitrogen and oxygen atoms in total. The Hall–Kier alpha value is -2.23. The van der Waals surface area contributed by atoms with Crippen molar-refractivity contribution in [1.29, 1.82) is 0 Å². The number of aromatic nitrogens is 2. The van der Waals surface area contributed by atoms with Gasteiger partial charge in [0, 0.05) is 11.3 Å². The highest BCUT2D eigenvalue weighted by atomic mass is 16.4. The molecule has 1 aliphatic carbocycles. The van der Waals surface area contributed by atoms with Crippen LogP contribution in [0.25, 0.3) is 0 Å². The van der Waals surface area contributed by atoms with Crippen LogP contribution in [0.15, 0.2) is 36.7 Å². The third-order valence-electron chi connectivity index (χ3n) is 5.23. The lowest BCUT2D eigenvalue weighted by molar-refractivity contribution is 0.0689. The predicted molar refractivity (Wildman–Crippen MR) is 93.2 cm³/mol. The van der Waals surface area contributed by atoms with E-state index in [1.165, 1.54) is 37.6 Å². The maximum absolute atomic E-state index is 11.2. The highest BCUT2D eigenvalue weighted by Crippen LogP contribution is 2.38. The van der Waals surface area contributed by atoms with Crippen LogP contribution < -0.4 is 0 Å². The van der Waals surface area contributed by atoms with E-state index in [9.17, 15) is 9.90 Å². The van der Waals surface area contributed by atoms with Gasteiger partial charge in [-0.1, -0.05) is 43.2 Å². The lowest BCUT2D eigenvalue weighted by Crippen LogP contribution is -2.16. The minimum Gasteiger partial charge on any atom is -0.477 e. The molecule has 1 fully saturated rings. The average Bonchev–Trinajstić information content (AvgIpc) is 2.61. The molecule has 0 spiro atoms. The smallest absolute Gasteiger partial charge is 0.354 e. The van der Waals surface area contributed by atoms with Gasteiger partial charge in [-0.25, -0.2) is 14.8 Å². The van der Waals surface area contributed by atoms with Crippen molar-refractivity contribution >= 4 is 5.97 Å². The predicted octanol–water partition coefficient (Wildman–Crippen LogP) is 4.39. The lowest BCUT2D eigenvalue weighted by atomic mass is 9.76. The van der Waals surface area contributed by atoms with E-state index in [1.54, 1.807) is 0 Å². The number of rotatable bonds is 5. The first kappa shape index (κ1) is 16.6. The molecular formula is C20H24N2O2. The van der Waals surface area contributed by atoms with Gasteiger partial charge < -0.3 is 5.11 Å². The van der Waals surface area contributed by atoms with Gasteiger partial charge in [-0.15, -0.1) is 0 Å². The summed E-state index contributed by atoms with van der Waals surface area (Å²) in [6, 6.07) is 10.8. The first-order valence-corrected chi connectivity index (χ1v) is 8.74. The Morgan fingerprint density at radius 3 is 2.75 bits per heavy atom. The summed E-state index contributed by atoms with van der Waals surface area (Å²) in [6.07, 6.45) is 8.31. The maximum Gasteiger partial charge on any atom is 0.354 e. The standard InChI is InChI=1S/C20H24N2O2/c1-14-18(21-13-22-19(14)20(23)24)11-10-15-6-5-9-17(12-15)16-7-3-2-4-8-16/h2-4,7-8,13,15,17H,5-6,9-12H2,1H3,(H,23,24)/t15-,17-/m1/s1.